The first kappa shape index (κ1) is 9.53. The maximum absolute atomic E-state index is 5.25. The molecule has 0 aromatic carbocycles. The molecular formula is C10H14OS2. The van der Waals surface area contributed by atoms with E-state index in [1.54, 1.807) is 6.26 Å². The van der Waals surface area contributed by atoms with Crippen LogP contribution in [0.15, 0.2) is 21.6 Å². The van der Waals surface area contributed by atoms with E-state index >= 15 is 0 Å². The molecule has 1 aliphatic rings. The summed E-state index contributed by atoms with van der Waals surface area (Å²) in [5.41, 5.74) is 0. The lowest BCUT2D eigenvalue weighted by Gasteiger charge is -2.06. The van der Waals surface area contributed by atoms with Gasteiger partial charge in [0.25, 0.3) is 0 Å². The van der Waals surface area contributed by atoms with Crippen molar-refractivity contribution in [3.05, 3.63) is 18.1 Å². The third-order valence-corrected chi connectivity index (χ3v) is 5.17. The summed E-state index contributed by atoms with van der Waals surface area (Å²) in [4.78, 5) is 1.31. The van der Waals surface area contributed by atoms with Gasteiger partial charge < -0.3 is 4.42 Å². The first-order chi connectivity index (χ1) is 6.36. The van der Waals surface area contributed by atoms with Crippen molar-refractivity contribution in [1.29, 1.82) is 0 Å². The molecule has 0 saturated carbocycles. The molecule has 1 aliphatic heterocycles. The van der Waals surface area contributed by atoms with Crippen LogP contribution in [0.3, 0.4) is 0 Å². The molecule has 1 atom stereocenters. The SMILES string of the molecule is Cc1occc1SCC1CCCS1. The van der Waals surface area contributed by atoms with Gasteiger partial charge in [0, 0.05) is 15.9 Å². The minimum atomic E-state index is 0.874. The maximum atomic E-state index is 5.25. The Morgan fingerprint density at radius 3 is 3.23 bits per heavy atom. The average molecular weight is 214 g/mol. The molecule has 0 bridgehead atoms. The third-order valence-electron chi connectivity index (χ3n) is 2.26. The summed E-state index contributed by atoms with van der Waals surface area (Å²) in [6.45, 7) is 2.03. The summed E-state index contributed by atoms with van der Waals surface area (Å²) in [5, 5.41) is 0.874. The summed E-state index contributed by atoms with van der Waals surface area (Å²) in [6.07, 6.45) is 4.58. The van der Waals surface area contributed by atoms with Crippen LogP contribution in [0.25, 0.3) is 0 Å². The van der Waals surface area contributed by atoms with E-state index in [1.165, 1.54) is 29.2 Å². The first-order valence-electron chi connectivity index (χ1n) is 4.65. The minimum Gasteiger partial charge on any atom is -0.468 e. The summed E-state index contributed by atoms with van der Waals surface area (Å²) >= 11 is 4.06. The van der Waals surface area contributed by atoms with Crippen molar-refractivity contribution in [3.63, 3.8) is 0 Å². The topological polar surface area (TPSA) is 13.1 Å². The van der Waals surface area contributed by atoms with Crippen LogP contribution in [-0.4, -0.2) is 16.8 Å². The molecule has 2 rings (SSSR count). The van der Waals surface area contributed by atoms with Crippen molar-refractivity contribution in [2.24, 2.45) is 0 Å². The lowest BCUT2D eigenvalue weighted by Crippen LogP contribution is -1.99. The summed E-state index contributed by atoms with van der Waals surface area (Å²) in [5.74, 6) is 3.66. The zero-order valence-corrected chi connectivity index (χ0v) is 9.42. The molecule has 0 amide bonds. The normalized spacial score (nSPS) is 22.4. The molecule has 1 aromatic heterocycles. The van der Waals surface area contributed by atoms with Crippen LogP contribution >= 0.6 is 23.5 Å². The fourth-order valence-electron chi connectivity index (χ4n) is 1.48. The van der Waals surface area contributed by atoms with E-state index < -0.39 is 0 Å². The minimum absolute atomic E-state index is 0.874. The number of hydrogen-bond donors (Lipinski definition) is 0. The second-order valence-electron chi connectivity index (χ2n) is 3.29. The molecule has 0 spiro atoms. The molecule has 1 saturated heterocycles. The van der Waals surface area contributed by atoms with Gasteiger partial charge in [-0.1, -0.05) is 0 Å². The van der Waals surface area contributed by atoms with E-state index in [0.717, 1.165) is 11.0 Å². The Morgan fingerprint density at radius 1 is 1.69 bits per heavy atom. The number of rotatable bonds is 3. The quantitative estimate of drug-likeness (QED) is 0.714. The lowest BCUT2D eigenvalue weighted by atomic mass is 10.3. The van der Waals surface area contributed by atoms with E-state index in [4.69, 9.17) is 4.42 Å². The van der Waals surface area contributed by atoms with Crippen molar-refractivity contribution < 1.29 is 4.42 Å². The van der Waals surface area contributed by atoms with Crippen LogP contribution in [0.5, 0.6) is 0 Å². The highest BCUT2D eigenvalue weighted by molar-refractivity contribution is 8.03. The molecule has 13 heavy (non-hydrogen) atoms. The van der Waals surface area contributed by atoms with Crippen LogP contribution in [0.4, 0.5) is 0 Å². The van der Waals surface area contributed by atoms with Gasteiger partial charge in [-0.2, -0.15) is 11.8 Å². The van der Waals surface area contributed by atoms with E-state index in [1.807, 2.05) is 18.7 Å². The predicted molar refractivity (Wildman–Crippen MR) is 59.6 cm³/mol. The maximum Gasteiger partial charge on any atom is 0.114 e. The molecule has 72 valence electrons. The molecule has 0 radical (unpaired) electrons. The Hall–Kier alpha value is -0.0200. The standard InChI is InChI=1S/C10H14OS2/c1-8-10(4-5-11-8)13-7-9-3-2-6-12-9/h4-5,9H,2-3,6-7H2,1H3. The van der Waals surface area contributed by atoms with Crippen LogP contribution in [0.2, 0.25) is 0 Å². The van der Waals surface area contributed by atoms with Crippen molar-refractivity contribution in [1.82, 2.24) is 0 Å². The monoisotopic (exact) mass is 214 g/mol. The molecule has 1 aromatic rings. The molecule has 0 N–H and O–H groups in total. The fraction of sp³-hybridized carbons (Fsp3) is 0.600. The zero-order valence-electron chi connectivity index (χ0n) is 7.79. The lowest BCUT2D eigenvalue weighted by molar-refractivity contribution is 0.527. The number of hydrogen-bond acceptors (Lipinski definition) is 3. The summed E-state index contributed by atoms with van der Waals surface area (Å²) < 4.78 is 5.25. The van der Waals surface area contributed by atoms with Crippen molar-refractivity contribution >= 4 is 23.5 Å². The zero-order chi connectivity index (χ0) is 9.10. The third kappa shape index (κ3) is 2.47. The van der Waals surface area contributed by atoms with Crippen LogP contribution in [0, 0.1) is 6.92 Å². The van der Waals surface area contributed by atoms with Gasteiger partial charge in [0.1, 0.15) is 5.76 Å². The van der Waals surface area contributed by atoms with Gasteiger partial charge in [-0.05, 0) is 31.6 Å². The van der Waals surface area contributed by atoms with Crippen molar-refractivity contribution in [3.8, 4) is 0 Å². The second kappa shape index (κ2) is 4.47. The molecule has 1 fully saturated rings. The average Bonchev–Trinajstić information content (AvgIpc) is 2.72. The van der Waals surface area contributed by atoms with Crippen LogP contribution < -0.4 is 0 Å². The molecule has 0 aliphatic carbocycles. The first-order valence-corrected chi connectivity index (χ1v) is 6.68. The van der Waals surface area contributed by atoms with Gasteiger partial charge in [0.15, 0.2) is 0 Å². The van der Waals surface area contributed by atoms with E-state index in [-0.39, 0.29) is 0 Å². The number of furan rings is 1. The Kier molecular flexibility index (Phi) is 3.28. The molecule has 1 unspecified atom stereocenters. The summed E-state index contributed by atoms with van der Waals surface area (Å²) in [7, 11) is 0. The Bertz CT molecular complexity index is 264. The van der Waals surface area contributed by atoms with E-state index in [2.05, 4.69) is 17.8 Å². The highest BCUT2D eigenvalue weighted by atomic mass is 32.2. The van der Waals surface area contributed by atoms with Gasteiger partial charge in [0.2, 0.25) is 0 Å². The van der Waals surface area contributed by atoms with E-state index in [0.29, 0.717) is 0 Å². The van der Waals surface area contributed by atoms with E-state index in [9.17, 15) is 0 Å². The number of thioether (sulfide) groups is 2. The Morgan fingerprint density at radius 2 is 2.62 bits per heavy atom. The largest absolute Gasteiger partial charge is 0.468 e. The van der Waals surface area contributed by atoms with Gasteiger partial charge in [-0.25, -0.2) is 0 Å². The van der Waals surface area contributed by atoms with Gasteiger partial charge in [-0.3, -0.25) is 0 Å². The second-order valence-corrected chi connectivity index (χ2v) is 5.76. The molecule has 3 heteroatoms. The fourth-order valence-corrected chi connectivity index (χ4v) is 4.01. The predicted octanol–water partition coefficient (Wildman–Crippen LogP) is 3.58. The smallest absolute Gasteiger partial charge is 0.114 e. The van der Waals surface area contributed by atoms with Gasteiger partial charge >= 0.3 is 0 Å². The molecule has 2 heterocycles. The highest BCUT2D eigenvalue weighted by Crippen LogP contribution is 2.32. The Balaban J connectivity index is 1.82. The van der Waals surface area contributed by atoms with Crippen LogP contribution in [0.1, 0.15) is 18.6 Å². The van der Waals surface area contributed by atoms with Crippen LogP contribution in [-0.2, 0) is 0 Å². The highest BCUT2D eigenvalue weighted by Gasteiger charge is 2.16. The molecule has 1 nitrogen and oxygen atoms in total. The Labute approximate surface area is 87.7 Å². The van der Waals surface area contributed by atoms with Crippen molar-refractivity contribution in [2.45, 2.75) is 29.9 Å². The number of aryl methyl sites for hydroxylation is 1. The molecular weight excluding hydrogens is 200 g/mol. The van der Waals surface area contributed by atoms with Crippen molar-refractivity contribution in [2.75, 3.05) is 11.5 Å². The summed E-state index contributed by atoms with van der Waals surface area (Å²) in [6, 6.07) is 2.07. The van der Waals surface area contributed by atoms with Gasteiger partial charge in [-0.15, -0.1) is 11.8 Å². The van der Waals surface area contributed by atoms with Gasteiger partial charge in [0.05, 0.1) is 6.26 Å².